The molecule has 2 saturated carbocycles. The Morgan fingerprint density at radius 3 is 1.50 bits per heavy atom. The summed E-state index contributed by atoms with van der Waals surface area (Å²) < 4.78 is 0. The summed E-state index contributed by atoms with van der Waals surface area (Å²) in [7, 11) is 0. The van der Waals surface area contributed by atoms with E-state index in [-0.39, 0.29) is 17.7 Å². The molecule has 1 amide bonds. The Labute approximate surface area is 96.2 Å². The van der Waals surface area contributed by atoms with Crippen molar-refractivity contribution in [1.82, 2.24) is 0 Å². The highest BCUT2D eigenvalue weighted by molar-refractivity contribution is 5.77. The maximum Gasteiger partial charge on any atom is 0.306 e. The zero-order valence-electron chi connectivity index (χ0n) is 9.98. The average molecular weight is 227 g/mol. The van der Waals surface area contributed by atoms with Crippen LogP contribution >= 0.6 is 0 Å². The van der Waals surface area contributed by atoms with Crippen molar-refractivity contribution in [2.45, 2.75) is 39.5 Å². The minimum Gasteiger partial charge on any atom is -0.481 e. The van der Waals surface area contributed by atoms with Crippen molar-refractivity contribution in [3.8, 4) is 0 Å². The number of primary amides is 1. The third-order valence-corrected chi connectivity index (χ3v) is 3.50. The SMILES string of the molecule is CC1CC(C(=O)O)C1.CC1CC(C(N)=O)C1. The lowest BCUT2D eigenvalue weighted by atomic mass is 9.76. The van der Waals surface area contributed by atoms with Crippen molar-refractivity contribution >= 4 is 11.9 Å². The lowest BCUT2D eigenvalue weighted by Gasteiger charge is -2.29. The van der Waals surface area contributed by atoms with Crippen LogP contribution in [0.4, 0.5) is 0 Å². The van der Waals surface area contributed by atoms with Gasteiger partial charge in [0.05, 0.1) is 5.92 Å². The molecule has 0 saturated heterocycles. The third kappa shape index (κ3) is 3.51. The number of carboxylic acid groups (broad SMARTS) is 1. The molecule has 2 rings (SSSR count). The van der Waals surface area contributed by atoms with E-state index < -0.39 is 5.97 Å². The van der Waals surface area contributed by atoms with Gasteiger partial charge in [-0.25, -0.2) is 0 Å². The number of hydrogen-bond donors (Lipinski definition) is 2. The largest absolute Gasteiger partial charge is 0.481 e. The molecule has 0 spiro atoms. The summed E-state index contributed by atoms with van der Waals surface area (Å²) >= 11 is 0. The average Bonchev–Trinajstić information content (AvgIpc) is 2.08. The Morgan fingerprint density at radius 2 is 1.38 bits per heavy atom. The van der Waals surface area contributed by atoms with Crippen molar-refractivity contribution in [2.24, 2.45) is 29.4 Å². The van der Waals surface area contributed by atoms with Crippen molar-refractivity contribution in [1.29, 1.82) is 0 Å². The number of carbonyl (C=O) groups is 2. The van der Waals surface area contributed by atoms with Crippen LogP contribution in [0.2, 0.25) is 0 Å². The van der Waals surface area contributed by atoms with Crippen molar-refractivity contribution < 1.29 is 14.7 Å². The van der Waals surface area contributed by atoms with Gasteiger partial charge in [0, 0.05) is 5.92 Å². The van der Waals surface area contributed by atoms with Crippen molar-refractivity contribution in [3.05, 3.63) is 0 Å². The molecule has 4 heteroatoms. The van der Waals surface area contributed by atoms with Crippen LogP contribution < -0.4 is 5.73 Å². The number of hydrogen-bond acceptors (Lipinski definition) is 2. The van der Waals surface area contributed by atoms with Crippen LogP contribution in [0, 0.1) is 23.7 Å². The highest BCUT2D eigenvalue weighted by Gasteiger charge is 2.30. The van der Waals surface area contributed by atoms with Crippen LogP contribution in [0.15, 0.2) is 0 Å². The van der Waals surface area contributed by atoms with Gasteiger partial charge in [-0.1, -0.05) is 13.8 Å². The molecule has 16 heavy (non-hydrogen) atoms. The van der Waals surface area contributed by atoms with Gasteiger partial charge in [0.15, 0.2) is 0 Å². The molecule has 2 aliphatic carbocycles. The van der Waals surface area contributed by atoms with Gasteiger partial charge in [-0.05, 0) is 37.5 Å². The van der Waals surface area contributed by atoms with Gasteiger partial charge >= 0.3 is 5.97 Å². The zero-order valence-corrected chi connectivity index (χ0v) is 9.98. The quantitative estimate of drug-likeness (QED) is 0.752. The normalized spacial score (nSPS) is 36.1. The Hall–Kier alpha value is -1.06. The van der Waals surface area contributed by atoms with Crippen LogP contribution in [0.25, 0.3) is 0 Å². The third-order valence-electron chi connectivity index (χ3n) is 3.50. The molecule has 0 unspecified atom stereocenters. The summed E-state index contributed by atoms with van der Waals surface area (Å²) in [5, 5.41) is 8.35. The standard InChI is InChI=1S/C6H11NO.C6H10O2/c2*1-4-2-5(3-4)6(7)8/h4-5H,2-3H2,1H3,(H2,7,8);4-5H,2-3H2,1H3,(H,7,8). The predicted octanol–water partition coefficient (Wildman–Crippen LogP) is 1.63. The van der Waals surface area contributed by atoms with Crippen LogP contribution in [0.3, 0.4) is 0 Å². The molecular weight excluding hydrogens is 206 g/mol. The highest BCUT2D eigenvalue weighted by Crippen LogP contribution is 2.33. The van der Waals surface area contributed by atoms with Gasteiger partial charge in [-0.15, -0.1) is 0 Å². The van der Waals surface area contributed by atoms with E-state index in [0.717, 1.165) is 31.6 Å². The van der Waals surface area contributed by atoms with E-state index >= 15 is 0 Å². The van der Waals surface area contributed by atoms with Crippen LogP contribution in [0.5, 0.6) is 0 Å². The first-order valence-corrected chi connectivity index (χ1v) is 5.92. The van der Waals surface area contributed by atoms with E-state index in [1.165, 1.54) is 0 Å². The molecule has 0 aromatic heterocycles. The Morgan fingerprint density at radius 1 is 1.00 bits per heavy atom. The summed E-state index contributed by atoms with van der Waals surface area (Å²) in [5.41, 5.74) is 5.02. The molecule has 0 radical (unpaired) electrons. The summed E-state index contributed by atoms with van der Waals surface area (Å²) in [4.78, 5) is 20.5. The Balaban J connectivity index is 0.000000160. The predicted molar refractivity (Wildman–Crippen MR) is 60.6 cm³/mol. The number of aliphatic carboxylic acids is 1. The summed E-state index contributed by atoms with van der Waals surface area (Å²) in [6.45, 7) is 4.22. The lowest BCUT2D eigenvalue weighted by Crippen LogP contribution is -2.33. The first kappa shape index (κ1) is 13.0. The van der Waals surface area contributed by atoms with E-state index in [9.17, 15) is 9.59 Å². The lowest BCUT2D eigenvalue weighted by molar-refractivity contribution is -0.146. The second-order valence-corrected chi connectivity index (χ2v) is 5.29. The fourth-order valence-corrected chi connectivity index (χ4v) is 2.24. The molecule has 3 N–H and O–H groups in total. The number of rotatable bonds is 2. The molecule has 2 aliphatic rings. The van der Waals surface area contributed by atoms with Crippen LogP contribution in [-0.4, -0.2) is 17.0 Å². The maximum absolute atomic E-state index is 10.3. The zero-order chi connectivity index (χ0) is 12.3. The molecule has 0 bridgehead atoms. The van der Waals surface area contributed by atoms with E-state index in [2.05, 4.69) is 13.8 Å². The van der Waals surface area contributed by atoms with Crippen LogP contribution in [0.1, 0.15) is 39.5 Å². The minimum atomic E-state index is -0.622. The maximum atomic E-state index is 10.3. The second kappa shape index (κ2) is 5.32. The van der Waals surface area contributed by atoms with Gasteiger partial charge in [-0.2, -0.15) is 0 Å². The van der Waals surface area contributed by atoms with Crippen molar-refractivity contribution in [3.63, 3.8) is 0 Å². The Bertz CT molecular complexity index is 237. The highest BCUT2D eigenvalue weighted by atomic mass is 16.4. The fraction of sp³-hybridized carbons (Fsp3) is 0.833. The summed E-state index contributed by atoms with van der Waals surface area (Å²) in [6, 6.07) is 0. The molecule has 4 nitrogen and oxygen atoms in total. The van der Waals surface area contributed by atoms with E-state index in [1.807, 2.05) is 0 Å². The van der Waals surface area contributed by atoms with Crippen LogP contribution in [-0.2, 0) is 9.59 Å². The monoisotopic (exact) mass is 227 g/mol. The number of nitrogens with two attached hydrogens (primary N) is 1. The number of amides is 1. The molecule has 0 atom stereocenters. The smallest absolute Gasteiger partial charge is 0.306 e. The minimum absolute atomic E-state index is 0.0231. The molecule has 2 fully saturated rings. The molecule has 0 heterocycles. The molecular formula is C12H21NO3. The van der Waals surface area contributed by atoms with Gasteiger partial charge in [0.2, 0.25) is 5.91 Å². The van der Waals surface area contributed by atoms with Gasteiger partial charge in [-0.3, -0.25) is 9.59 Å². The van der Waals surface area contributed by atoms with E-state index in [4.69, 9.17) is 10.8 Å². The molecule has 0 aromatic rings. The topological polar surface area (TPSA) is 80.4 Å². The van der Waals surface area contributed by atoms with Gasteiger partial charge in [0.25, 0.3) is 0 Å². The van der Waals surface area contributed by atoms with Crippen molar-refractivity contribution in [2.75, 3.05) is 0 Å². The number of carbonyl (C=O) groups excluding carboxylic acids is 1. The molecule has 0 aromatic carbocycles. The summed E-state index contributed by atoms with van der Waals surface area (Å²) in [5.74, 6) is 0.810. The second-order valence-electron chi connectivity index (χ2n) is 5.29. The molecule has 92 valence electrons. The molecule has 0 aliphatic heterocycles. The Kier molecular flexibility index (Phi) is 4.33. The fourth-order valence-electron chi connectivity index (χ4n) is 2.24. The van der Waals surface area contributed by atoms with Gasteiger partial charge < -0.3 is 10.8 Å². The first-order chi connectivity index (χ1) is 7.40. The first-order valence-electron chi connectivity index (χ1n) is 5.92. The summed E-state index contributed by atoms with van der Waals surface area (Å²) in [6.07, 6.45) is 3.79. The number of carboxylic acids is 1. The van der Waals surface area contributed by atoms with E-state index in [0.29, 0.717) is 5.92 Å². The van der Waals surface area contributed by atoms with E-state index in [1.54, 1.807) is 0 Å². The van der Waals surface area contributed by atoms with Gasteiger partial charge in [0.1, 0.15) is 0 Å².